The van der Waals surface area contributed by atoms with E-state index < -0.39 is 0 Å². The number of hydrogen-bond acceptors (Lipinski definition) is 5. The minimum atomic E-state index is -0.0215. The van der Waals surface area contributed by atoms with Crippen LogP contribution >= 0.6 is 23.1 Å². The number of amides is 1. The van der Waals surface area contributed by atoms with Crippen LogP contribution in [0, 0.1) is 6.92 Å². The van der Waals surface area contributed by atoms with Crippen molar-refractivity contribution in [3.8, 4) is 0 Å². The van der Waals surface area contributed by atoms with Gasteiger partial charge in [-0.3, -0.25) is 9.69 Å². The molecule has 0 unspecified atom stereocenters. The number of aromatic nitrogens is 1. The summed E-state index contributed by atoms with van der Waals surface area (Å²) in [5, 5.41) is 7.82. The summed E-state index contributed by atoms with van der Waals surface area (Å²) in [4.78, 5) is 15.0. The van der Waals surface area contributed by atoms with Crippen LogP contribution in [0.1, 0.15) is 34.5 Å². The number of hydrogen-bond donors (Lipinski definition) is 2. The van der Waals surface area contributed by atoms with Crippen molar-refractivity contribution < 1.29 is 4.79 Å². The molecule has 5 nitrogen and oxygen atoms in total. The summed E-state index contributed by atoms with van der Waals surface area (Å²) in [6, 6.07) is 8.22. The molecule has 3 rings (SSSR count). The largest absolute Gasteiger partial charge is 0.378 e. The minimum Gasteiger partial charge on any atom is -0.378 e. The standard InChI is InChI=1S/C18H23ClN4OS/c1-12-16(18(20-2)25-22-12)17(24)21-15-7-9-23(10-8-15)11-13-3-5-14(19)6-4-13/h3-6,15,20H,7-11H2,1-2H3,(H,21,24). The van der Waals surface area contributed by atoms with Crippen LogP contribution in [-0.4, -0.2) is 41.4 Å². The summed E-state index contributed by atoms with van der Waals surface area (Å²) in [5.41, 5.74) is 2.73. The maximum absolute atomic E-state index is 12.6. The predicted octanol–water partition coefficient (Wildman–Crippen LogP) is 3.54. The van der Waals surface area contributed by atoms with Crippen LogP contribution in [0.15, 0.2) is 24.3 Å². The van der Waals surface area contributed by atoms with Gasteiger partial charge >= 0.3 is 0 Å². The number of likely N-dealkylation sites (tertiary alicyclic amines) is 1. The van der Waals surface area contributed by atoms with Gasteiger partial charge in [-0.2, -0.15) is 4.37 Å². The normalized spacial score (nSPS) is 16.0. The van der Waals surface area contributed by atoms with Gasteiger partial charge < -0.3 is 10.6 Å². The van der Waals surface area contributed by atoms with Crippen molar-refractivity contribution in [3.63, 3.8) is 0 Å². The molecule has 0 bridgehead atoms. The van der Waals surface area contributed by atoms with E-state index in [2.05, 4.69) is 32.0 Å². The summed E-state index contributed by atoms with van der Waals surface area (Å²) < 4.78 is 4.27. The van der Waals surface area contributed by atoms with Gasteiger partial charge in [0.1, 0.15) is 5.00 Å². The molecule has 1 aliphatic heterocycles. The molecule has 2 aromatic rings. The Morgan fingerprint density at radius 2 is 2.00 bits per heavy atom. The van der Waals surface area contributed by atoms with Crippen LogP contribution in [0.5, 0.6) is 0 Å². The van der Waals surface area contributed by atoms with Crippen LogP contribution < -0.4 is 10.6 Å². The van der Waals surface area contributed by atoms with Crippen molar-refractivity contribution in [2.24, 2.45) is 0 Å². The molecule has 1 aromatic heterocycles. The van der Waals surface area contributed by atoms with Crippen molar-refractivity contribution >= 4 is 34.0 Å². The SMILES string of the molecule is CNc1snc(C)c1C(=O)NC1CCN(Cc2ccc(Cl)cc2)CC1. The number of carbonyl (C=O) groups excluding carboxylic acids is 1. The van der Waals surface area contributed by atoms with Gasteiger partial charge in [0.2, 0.25) is 0 Å². The first-order valence-electron chi connectivity index (χ1n) is 8.48. The Hall–Kier alpha value is -1.63. The zero-order valence-corrected chi connectivity index (χ0v) is 16.1. The minimum absolute atomic E-state index is 0.0215. The highest BCUT2D eigenvalue weighted by Crippen LogP contribution is 2.24. The maximum atomic E-state index is 12.6. The summed E-state index contributed by atoms with van der Waals surface area (Å²) in [7, 11) is 1.82. The van der Waals surface area contributed by atoms with Gasteiger partial charge in [0.05, 0.1) is 11.3 Å². The molecular formula is C18H23ClN4OS. The second-order valence-electron chi connectivity index (χ2n) is 6.37. The molecule has 134 valence electrons. The number of nitrogens with one attached hydrogen (secondary N) is 2. The zero-order chi connectivity index (χ0) is 17.8. The fraction of sp³-hybridized carbons (Fsp3) is 0.444. The van der Waals surface area contributed by atoms with Gasteiger partial charge in [-0.25, -0.2) is 0 Å². The van der Waals surface area contributed by atoms with Crippen LogP contribution in [0.4, 0.5) is 5.00 Å². The molecule has 7 heteroatoms. The lowest BCUT2D eigenvalue weighted by Crippen LogP contribution is -2.44. The predicted molar refractivity (Wildman–Crippen MR) is 104 cm³/mol. The fourth-order valence-electron chi connectivity index (χ4n) is 3.15. The van der Waals surface area contributed by atoms with Crippen LogP contribution in [0.3, 0.4) is 0 Å². The van der Waals surface area contributed by atoms with Crippen LogP contribution in [0.2, 0.25) is 5.02 Å². The molecule has 2 N–H and O–H groups in total. The average molecular weight is 379 g/mol. The van der Waals surface area contributed by atoms with Gasteiger partial charge in [0.15, 0.2) is 0 Å². The first-order valence-corrected chi connectivity index (χ1v) is 9.63. The highest BCUT2D eigenvalue weighted by Gasteiger charge is 2.24. The lowest BCUT2D eigenvalue weighted by atomic mass is 10.0. The van der Waals surface area contributed by atoms with E-state index >= 15 is 0 Å². The fourth-order valence-corrected chi connectivity index (χ4v) is 4.02. The second kappa shape index (κ2) is 8.17. The summed E-state index contributed by atoms with van der Waals surface area (Å²) >= 11 is 7.26. The Morgan fingerprint density at radius 3 is 2.64 bits per heavy atom. The second-order valence-corrected chi connectivity index (χ2v) is 7.58. The highest BCUT2D eigenvalue weighted by molar-refractivity contribution is 7.10. The van der Waals surface area contributed by atoms with E-state index in [1.54, 1.807) is 0 Å². The summed E-state index contributed by atoms with van der Waals surface area (Å²) in [5.74, 6) is -0.0215. The smallest absolute Gasteiger partial charge is 0.256 e. The van der Waals surface area contributed by atoms with E-state index in [1.807, 2.05) is 26.1 Å². The Morgan fingerprint density at radius 1 is 1.32 bits per heavy atom. The molecule has 0 aliphatic carbocycles. The van der Waals surface area contributed by atoms with Crippen molar-refractivity contribution in [3.05, 3.63) is 46.1 Å². The lowest BCUT2D eigenvalue weighted by molar-refractivity contribution is 0.0909. The first-order chi connectivity index (χ1) is 12.1. The number of aryl methyl sites for hydroxylation is 1. The van der Waals surface area contributed by atoms with E-state index in [1.165, 1.54) is 17.1 Å². The van der Waals surface area contributed by atoms with Crippen molar-refractivity contribution in [1.29, 1.82) is 0 Å². The van der Waals surface area contributed by atoms with E-state index in [0.29, 0.717) is 5.56 Å². The number of nitrogens with zero attached hydrogens (tertiary/aromatic N) is 2. The number of piperidine rings is 1. The van der Waals surface area contributed by atoms with Crippen LogP contribution in [-0.2, 0) is 6.54 Å². The summed E-state index contributed by atoms with van der Waals surface area (Å²) in [6.45, 7) is 4.76. The Balaban J connectivity index is 1.51. The van der Waals surface area contributed by atoms with Gasteiger partial charge in [0.25, 0.3) is 5.91 Å². The quantitative estimate of drug-likeness (QED) is 0.835. The lowest BCUT2D eigenvalue weighted by Gasteiger charge is -2.32. The monoisotopic (exact) mass is 378 g/mol. The van der Waals surface area contributed by atoms with Gasteiger partial charge in [-0.05, 0) is 49.0 Å². The van der Waals surface area contributed by atoms with Gasteiger partial charge in [-0.1, -0.05) is 23.7 Å². The third kappa shape index (κ3) is 4.51. The third-order valence-electron chi connectivity index (χ3n) is 4.56. The van der Waals surface area contributed by atoms with Crippen LogP contribution in [0.25, 0.3) is 0 Å². The first kappa shape index (κ1) is 18.2. The van der Waals surface area contributed by atoms with Gasteiger partial charge in [-0.15, -0.1) is 0 Å². The molecule has 0 atom stereocenters. The Kier molecular flexibility index (Phi) is 5.93. The topological polar surface area (TPSA) is 57.3 Å². The van der Waals surface area contributed by atoms with Crippen molar-refractivity contribution in [2.45, 2.75) is 32.4 Å². The molecule has 2 heterocycles. The number of rotatable bonds is 5. The third-order valence-corrected chi connectivity index (χ3v) is 5.77. The average Bonchev–Trinajstić information content (AvgIpc) is 2.99. The molecule has 0 saturated carbocycles. The molecule has 1 fully saturated rings. The Bertz CT molecular complexity index is 723. The maximum Gasteiger partial charge on any atom is 0.256 e. The number of anilines is 1. The molecular weight excluding hydrogens is 356 g/mol. The number of benzene rings is 1. The number of carbonyl (C=O) groups is 1. The molecule has 1 aromatic carbocycles. The Labute approximate surface area is 157 Å². The van der Waals surface area contributed by atoms with E-state index in [0.717, 1.165) is 48.2 Å². The van der Waals surface area contributed by atoms with E-state index in [4.69, 9.17) is 11.6 Å². The van der Waals surface area contributed by atoms with Crippen molar-refractivity contribution in [2.75, 3.05) is 25.5 Å². The van der Waals surface area contributed by atoms with E-state index in [-0.39, 0.29) is 11.9 Å². The zero-order valence-electron chi connectivity index (χ0n) is 14.5. The molecule has 25 heavy (non-hydrogen) atoms. The summed E-state index contributed by atoms with van der Waals surface area (Å²) in [6.07, 6.45) is 1.93. The molecule has 0 radical (unpaired) electrons. The molecule has 0 spiro atoms. The molecule has 1 saturated heterocycles. The van der Waals surface area contributed by atoms with E-state index in [9.17, 15) is 4.79 Å². The number of halogens is 1. The van der Waals surface area contributed by atoms with Crippen molar-refractivity contribution in [1.82, 2.24) is 14.6 Å². The highest BCUT2D eigenvalue weighted by atomic mass is 35.5. The van der Waals surface area contributed by atoms with Gasteiger partial charge in [0, 0.05) is 37.7 Å². The molecule has 1 amide bonds. The molecule has 1 aliphatic rings.